The summed E-state index contributed by atoms with van der Waals surface area (Å²) in [6, 6.07) is 0. The molecule has 4 nitrogen and oxygen atoms in total. The van der Waals surface area contributed by atoms with E-state index in [1.54, 1.807) is 0 Å². The van der Waals surface area contributed by atoms with Crippen molar-refractivity contribution in [3.63, 3.8) is 0 Å². The van der Waals surface area contributed by atoms with Gasteiger partial charge in [-0.3, -0.25) is 9.62 Å². The van der Waals surface area contributed by atoms with E-state index in [4.69, 9.17) is 11.1 Å². The summed E-state index contributed by atoms with van der Waals surface area (Å²) >= 11 is 0. The van der Waals surface area contributed by atoms with Gasteiger partial charge in [0.25, 0.3) is 0 Å². The van der Waals surface area contributed by atoms with E-state index >= 15 is 0 Å². The summed E-state index contributed by atoms with van der Waals surface area (Å²) in [5.41, 5.74) is 5.26. The number of hydrogen-bond acceptors (Lipinski definition) is 3. The first-order valence-electron chi connectivity index (χ1n) is 5.08. The molecule has 0 aliphatic carbocycles. The van der Waals surface area contributed by atoms with Gasteiger partial charge in [0.2, 0.25) is 0 Å². The van der Waals surface area contributed by atoms with Crippen LogP contribution in [0.4, 0.5) is 0 Å². The van der Waals surface area contributed by atoms with Gasteiger partial charge in [0.15, 0.2) is 0 Å². The van der Waals surface area contributed by atoms with Crippen LogP contribution in [0.15, 0.2) is 0 Å². The molecule has 0 saturated carbocycles. The first-order chi connectivity index (χ1) is 6.68. The van der Waals surface area contributed by atoms with E-state index in [2.05, 4.69) is 4.90 Å². The van der Waals surface area contributed by atoms with Crippen LogP contribution in [0.2, 0.25) is 0 Å². The molecule has 0 unspecified atom stereocenters. The van der Waals surface area contributed by atoms with Crippen molar-refractivity contribution in [2.24, 2.45) is 5.73 Å². The minimum absolute atomic E-state index is 0.282. The average molecular weight is 217 g/mol. The smallest absolute Gasteiger partial charge is 0.0905 e. The number of nitrogens with one attached hydrogen (secondary N) is 1. The Bertz CT molecular complexity index is 210. The van der Waals surface area contributed by atoms with E-state index in [0.29, 0.717) is 6.42 Å². The molecule has 1 heterocycles. The van der Waals surface area contributed by atoms with E-state index in [9.17, 15) is 4.21 Å². The molecule has 0 aromatic rings. The van der Waals surface area contributed by atoms with Crippen molar-refractivity contribution < 1.29 is 4.21 Å². The zero-order chi connectivity index (χ0) is 10.4. The fourth-order valence-corrected chi connectivity index (χ4v) is 2.68. The standard InChI is InChI=1S/C9H19N3OS/c10-9(11)3-1-2-4-12-5-7-14(13)8-6-12/h1-8H2,(H3,10,11). The van der Waals surface area contributed by atoms with Crippen molar-refractivity contribution in [3.05, 3.63) is 0 Å². The van der Waals surface area contributed by atoms with Crippen LogP contribution in [0, 0.1) is 5.41 Å². The molecular weight excluding hydrogens is 198 g/mol. The Morgan fingerprint density at radius 1 is 1.36 bits per heavy atom. The highest BCUT2D eigenvalue weighted by Gasteiger charge is 2.13. The summed E-state index contributed by atoms with van der Waals surface area (Å²) in [6.07, 6.45) is 2.79. The molecule has 0 bridgehead atoms. The highest BCUT2D eigenvalue weighted by molar-refractivity contribution is 7.85. The lowest BCUT2D eigenvalue weighted by atomic mass is 10.2. The van der Waals surface area contributed by atoms with Gasteiger partial charge in [0.1, 0.15) is 0 Å². The van der Waals surface area contributed by atoms with Gasteiger partial charge in [-0.05, 0) is 19.4 Å². The average Bonchev–Trinajstić information content (AvgIpc) is 2.15. The summed E-state index contributed by atoms with van der Waals surface area (Å²) in [6.45, 7) is 2.99. The second kappa shape index (κ2) is 6.14. The molecule has 14 heavy (non-hydrogen) atoms. The van der Waals surface area contributed by atoms with Crippen molar-refractivity contribution in [1.82, 2.24) is 4.90 Å². The van der Waals surface area contributed by atoms with E-state index < -0.39 is 10.8 Å². The molecule has 1 rings (SSSR count). The number of rotatable bonds is 5. The maximum absolute atomic E-state index is 11.1. The van der Waals surface area contributed by atoms with Gasteiger partial charge >= 0.3 is 0 Å². The molecule has 1 aliphatic rings. The molecular formula is C9H19N3OS. The summed E-state index contributed by atoms with van der Waals surface area (Å²) in [5.74, 6) is 1.93. The van der Waals surface area contributed by atoms with Crippen LogP contribution < -0.4 is 5.73 Å². The molecule has 1 aliphatic heterocycles. The molecule has 1 saturated heterocycles. The lowest BCUT2D eigenvalue weighted by molar-refractivity contribution is 0.293. The summed E-state index contributed by atoms with van der Waals surface area (Å²) in [5, 5.41) is 7.07. The van der Waals surface area contributed by atoms with Crippen LogP contribution in [0.5, 0.6) is 0 Å². The van der Waals surface area contributed by atoms with Crippen LogP contribution >= 0.6 is 0 Å². The van der Waals surface area contributed by atoms with E-state index in [1.807, 2.05) is 0 Å². The molecule has 0 aromatic carbocycles. The highest BCUT2D eigenvalue weighted by Crippen LogP contribution is 2.03. The minimum Gasteiger partial charge on any atom is -0.388 e. The molecule has 5 heteroatoms. The van der Waals surface area contributed by atoms with Gasteiger partial charge in [-0.2, -0.15) is 0 Å². The van der Waals surface area contributed by atoms with Crippen LogP contribution in [0.1, 0.15) is 19.3 Å². The Morgan fingerprint density at radius 2 is 2.00 bits per heavy atom. The summed E-state index contributed by atoms with van der Waals surface area (Å²) in [4.78, 5) is 2.35. The van der Waals surface area contributed by atoms with E-state index in [1.165, 1.54) is 0 Å². The molecule has 0 radical (unpaired) electrons. The van der Waals surface area contributed by atoms with Crippen molar-refractivity contribution in [3.8, 4) is 0 Å². The molecule has 1 fully saturated rings. The quantitative estimate of drug-likeness (QED) is 0.391. The Morgan fingerprint density at radius 3 is 2.57 bits per heavy atom. The van der Waals surface area contributed by atoms with E-state index in [-0.39, 0.29) is 5.84 Å². The fourth-order valence-electron chi connectivity index (χ4n) is 1.55. The third kappa shape index (κ3) is 4.72. The predicted molar refractivity (Wildman–Crippen MR) is 60.1 cm³/mol. The monoisotopic (exact) mass is 217 g/mol. The first-order valence-corrected chi connectivity index (χ1v) is 6.57. The van der Waals surface area contributed by atoms with Crippen molar-refractivity contribution in [2.75, 3.05) is 31.1 Å². The third-order valence-electron chi connectivity index (χ3n) is 2.44. The van der Waals surface area contributed by atoms with Crippen molar-refractivity contribution >= 4 is 16.6 Å². The molecule has 3 N–H and O–H groups in total. The maximum atomic E-state index is 11.1. The van der Waals surface area contributed by atoms with Gasteiger partial charge in [0, 0.05) is 41.8 Å². The third-order valence-corrected chi connectivity index (χ3v) is 3.72. The molecule has 0 amide bonds. The molecule has 0 spiro atoms. The Balaban J connectivity index is 2.02. The van der Waals surface area contributed by atoms with E-state index in [0.717, 1.165) is 44.0 Å². The lowest BCUT2D eigenvalue weighted by Gasteiger charge is -2.25. The second-order valence-electron chi connectivity index (χ2n) is 3.67. The number of unbranched alkanes of at least 4 members (excludes halogenated alkanes) is 1. The number of amidine groups is 1. The normalized spacial score (nSPS) is 19.7. The summed E-state index contributed by atoms with van der Waals surface area (Å²) in [7, 11) is -0.571. The largest absolute Gasteiger partial charge is 0.388 e. The Kier molecular flexibility index (Phi) is 5.11. The van der Waals surface area contributed by atoms with Crippen LogP contribution in [0.3, 0.4) is 0 Å². The Labute approximate surface area is 87.8 Å². The van der Waals surface area contributed by atoms with Gasteiger partial charge in [-0.25, -0.2) is 0 Å². The molecule has 82 valence electrons. The minimum atomic E-state index is -0.571. The Hall–Kier alpha value is -0.420. The molecule has 0 atom stereocenters. The van der Waals surface area contributed by atoms with Crippen LogP contribution in [-0.4, -0.2) is 46.1 Å². The zero-order valence-electron chi connectivity index (χ0n) is 8.50. The highest BCUT2D eigenvalue weighted by atomic mass is 32.2. The second-order valence-corrected chi connectivity index (χ2v) is 5.37. The first kappa shape index (κ1) is 11.7. The lowest BCUT2D eigenvalue weighted by Crippen LogP contribution is -2.38. The number of hydrogen-bond donors (Lipinski definition) is 2. The van der Waals surface area contributed by atoms with Gasteiger partial charge in [-0.15, -0.1) is 0 Å². The predicted octanol–water partition coefficient (Wildman–Crippen LogP) is 0.157. The van der Waals surface area contributed by atoms with Crippen molar-refractivity contribution in [2.45, 2.75) is 19.3 Å². The molecule has 0 aromatic heterocycles. The summed E-state index contributed by atoms with van der Waals surface area (Å²) < 4.78 is 11.1. The topological polar surface area (TPSA) is 70.2 Å². The SMILES string of the molecule is N=C(N)CCCCN1CCS(=O)CC1. The fraction of sp³-hybridized carbons (Fsp3) is 0.889. The van der Waals surface area contributed by atoms with Gasteiger partial charge in [0.05, 0.1) is 5.84 Å². The van der Waals surface area contributed by atoms with Crippen molar-refractivity contribution in [1.29, 1.82) is 5.41 Å². The van der Waals surface area contributed by atoms with Gasteiger partial charge < -0.3 is 10.6 Å². The van der Waals surface area contributed by atoms with Crippen LogP contribution in [-0.2, 0) is 10.8 Å². The van der Waals surface area contributed by atoms with Gasteiger partial charge in [-0.1, -0.05) is 0 Å². The number of nitrogens with zero attached hydrogens (tertiary/aromatic N) is 1. The maximum Gasteiger partial charge on any atom is 0.0905 e. The zero-order valence-corrected chi connectivity index (χ0v) is 9.31. The van der Waals surface area contributed by atoms with Crippen LogP contribution in [0.25, 0.3) is 0 Å². The number of nitrogens with two attached hydrogens (primary N) is 1.